The normalized spacial score (nSPS) is 39.9. The Morgan fingerprint density at radius 2 is 2.08 bits per heavy atom. The maximum atomic E-state index is 11.5. The lowest BCUT2D eigenvalue weighted by atomic mass is 9.60. The smallest absolute Gasteiger partial charge is 0.136 e. The maximum absolute atomic E-state index is 11.5. The first-order chi connectivity index (χ1) is 6.03. The molecular formula is C11H18O2. The van der Waals surface area contributed by atoms with Gasteiger partial charge in [0.2, 0.25) is 0 Å². The monoisotopic (exact) mass is 182 g/mol. The number of hydrogen-bond donors (Lipinski definition) is 0. The molecule has 0 aromatic heterocycles. The Balaban J connectivity index is 2.96. The van der Waals surface area contributed by atoms with E-state index in [9.17, 15) is 9.59 Å². The van der Waals surface area contributed by atoms with Gasteiger partial charge in [0.1, 0.15) is 12.1 Å². The zero-order valence-electron chi connectivity index (χ0n) is 8.67. The van der Waals surface area contributed by atoms with Crippen molar-refractivity contribution in [2.75, 3.05) is 0 Å². The molecule has 13 heavy (non-hydrogen) atoms. The molecule has 0 amide bonds. The van der Waals surface area contributed by atoms with Crippen LogP contribution in [0.4, 0.5) is 0 Å². The van der Waals surface area contributed by atoms with Gasteiger partial charge < -0.3 is 4.79 Å². The Kier molecular flexibility index (Phi) is 2.89. The molecule has 0 radical (unpaired) electrons. The fraction of sp³-hybridized carbons (Fsp3) is 0.818. The van der Waals surface area contributed by atoms with Crippen molar-refractivity contribution in [3.05, 3.63) is 0 Å². The molecule has 0 N–H and O–H groups in total. The van der Waals surface area contributed by atoms with Crippen molar-refractivity contribution in [3.8, 4) is 0 Å². The van der Waals surface area contributed by atoms with Crippen LogP contribution in [-0.4, -0.2) is 12.1 Å². The number of hydrogen-bond acceptors (Lipinski definition) is 2. The zero-order valence-corrected chi connectivity index (χ0v) is 8.67. The highest BCUT2D eigenvalue weighted by Gasteiger charge is 2.45. The molecule has 1 fully saturated rings. The molecule has 0 spiro atoms. The van der Waals surface area contributed by atoms with Gasteiger partial charge in [0.15, 0.2) is 0 Å². The average Bonchev–Trinajstić information content (AvgIpc) is 2.09. The molecule has 0 bridgehead atoms. The summed E-state index contributed by atoms with van der Waals surface area (Å²) in [6.45, 7) is 5.63. The van der Waals surface area contributed by atoms with Crippen molar-refractivity contribution in [2.24, 2.45) is 17.3 Å². The van der Waals surface area contributed by atoms with Crippen molar-refractivity contribution in [1.82, 2.24) is 0 Å². The van der Waals surface area contributed by atoms with E-state index in [-0.39, 0.29) is 11.7 Å². The zero-order chi connectivity index (χ0) is 10.1. The van der Waals surface area contributed by atoms with Crippen LogP contribution in [0.3, 0.4) is 0 Å². The fourth-order valence-corrected chi connectivity index (χ4v) is 2.43. The minimum Gasteiger partial charge on any atom is -0.303 e. The van der Waals surface area contributed by atoms with E-state index >= 15 is 0 Å². The van der Waals surface area contributed by atoms with Crippen LogP contribution in [-0.2, 0) is 9.59 Å². The van der Waals surface area contributed by atoms with Crippen molar-refractivity contribution in [3.63, 3.8) is 0 Å². The van der Waals surface area contributed by atoms with E-state index < -0.39 is 5.41 Å². The first-order valence-electron chi connectivity index (χ1n) is 4.99. The van der Waals surface area contributed by atoms with Crippen LogP contribution in [0, 0.1) is 17.3 Å². The number of carbonyl (C=O) groups is 2. The largest absolute Gasteiger partial charge is 0.303 e. The summed E-state index contributed by atoms with van der Waals surface area (Å²) < 4.78 is 0. The van der Waals surface area contributed by atoms with Gasteiger partial charge in [0.25, 0.3) is 0 Å². The fourth-order valence-electron chi connectivity index (χ4n) is 2.43. The van der Waals surface area contributed by atoms with Crippen LogP contribution in [0.2, 0.25) is 0 Å². The predicted molar refractivity (Wildman–Crippen MR) is 51.4 cm³/mol. The molecule has 0 saturated heterocycles. The first-order valence-corrected chi connectivity index (χ1v) is 4.99. The Hall–Kier alpha value is -0.660. The second kappa shape index (κ2) is 3.60. The Morgan fingerprint density at radius 3 is 2.46 bits per heavy atom. The second-order valence-electron chi connectivity index (χ2n) is 4.41. The van der Waals surface area contributed by atoms with E-state index in [1.54, 1.807) is 6.92 Å². The molecule has 2 nitrogen and oxygen atoms in total. The number of Topliss-reactive ketones (excluding diaryl/α,β-unsaturated/α-hetero) is 1. The highest BCUT2D eigenvalue weighted by molar-refractivity contribution is 5.85. The standard InChI is InChI=1S/C11H18O2/c1-8-5-4-6-10(7-12)11(8,3)9(2)13/h7-8,10H,4-6H2,1-3H3. The molecule has 0 aromatic rings. The Labute approximate surface area is 79.7 Å². The third-order valence-electron chi connectivity index (χ3n) is 3.87. The molecular weight excluding hydrogens is 164 g/mol. The highest BCUT2D eigenvalue weighted by Crippen LogP contribution is 2.44. The van der Waals surface area contributed by atoms with Crippen molar-refractivity contribution < 1.29 is 9.59 Å². The summed E-state index contributed by atoms with van der Waals surface area (Å²) in [6, 6.07) is 0. The Morgan fingerprint density at radius 1 is 1.46 bits per heavy atom. The predicted octanol–water partition coefficient (Wildman–Crippen LogP) is 2.22. The molecule has 3 unspecified atom stereocenters. The number of carbonyl (C=O) groups excluding carboxylic acids is 2. The van der Waals surface area contributed by atoms with E-state index in [0.29, 0.717) is 5.92 Å². The van der Waals surface area contributed by atoms with E-state index in [2.05, 4.69) is 6.92 Å². The average molecular weight is 182 g/mol. The summed E-state index contributed by atoms with van der Waals surface area (Å²) in [4.78, 5) is 22.4. The van der Waals surface area contributed by atoms with Crippen LogP contribution >= 0.6 is 0 Å². The molecule has 1 rings (SSSR count). The molecule has 3 atom stereocenters. The number of ketones is 1. The van der Waals surface area contributed by atoms with E-state index in [4.69, 9.17) is 0 Å². The summed E-state index contributed by atoms with van der Waals surface area (Å²) in [5, 5.41) is 0. The van der Waals surface area contributed by atoms with Gasteiger partial charge in [-0.05, 0) is 25.7 Å². The molecule has 2 heteroatoms. The second-order valence-corrected chi connectivity index (χ2v) is 4.41. The van der Waals surface area contributed by atoms with Crippen molar-refractivity contribution in [2.45, 2.75) is 40.0 Å². The molecule has 0 heterocycles. The van der Waals surface area contributed by atoms with Gasteiger partial charge in [-0.2, -0.15) is 0 Å². The number of rotatable bonds is 2. The lowest BCUT2D eigenvalue weighted by Gasteiger charge is -2.41. The van der Waals surface area contributed by atoms with Gasteiger partial charge in [0, 0.05) is 11.3 Å². The van der Waals surface area contributed by atoms with Crippen LogP contribution in [0.25, 0.3) is 0 Å². The van der Waals surface area contributed by atoms with Crippen LogP contribution in [0.1, 0.15) is 40.0 Å². The van der Waals surface area contributed by atoms with Crippen LogP contribution < -0.4 is 0 Å². The topological polar surface area (TPSA) is 34.1 Å². The summed E-state index contributed by atoms with van der Waals surface area (Å²) >= 11 is 0. The summed E-state index contributed by atoms with van der Waals surface area (Å²) in [5.41, 5.74) is -0.403. The summed E-state index contributed by atoms with van der Waals surface area (Å²) in [7, 11) is 0. The molecule has 0 aliphatic heterocycles. The number of aldehydes is 1. The minimum absolute atomic E-state index is 0.0613. The maximum Gasteiger partial charge on any atom is 0.136 e. The third kappa shape index (κ3) is 1.54. The molecule has 0 aromatic carbocycles. The molecule has 1 aliphatic rings. The van der Waals surface area contributed by atoms with Crippen LogP contribution in [0.5, 0.6) is 0 Å². The van der Waals surface area contributed by atoms with Gasteiger partial charge in [-0.3, -0.25) is 4.79 Å². The van der Waals surface area contributed by atoms with Gasteiger partial charge in [0.05, 0.1) is 0 Å². The highest BCUT2D eigenvalue weighted by atomic mass is 16.1. The summed E-state index contributed by atoms with van der Waals surface area (Å²) in [5.74, 6) is 0.444. The van der Waals surface area contributed by atoms with Gasteiger partial charge in [-0.1, -0.05) is 20.3 Å². The first kappa shape index (κ1) is 10.4. The Bertz CT molecular complexity index is 222. The van der Waals surface area contributed by atoms with Gasteiger partial charge >= 0.3 is 0 Å². The van der Waals surface area contributed by atoms with E-state index in [0.717, 1.165) is 25.5 Å². The van der Waals surface area contributed by atoms with Gasteiger partial charge in [-0.15, -0.1) is 0 Å². The van der Waals surface area contributed by atoms with E-state index in [1.807, 2.05) is 6.92 Å². The van der Waals surface area contributed by atoms with Crippen molar-refractivity contribution >= 4 is 12.1 Å². The SMILES string of the molecule is CC(=O)C1(C)C(C)CCCC1C=O. The lowest BCUT2D eigenvalue weighted by molar-refractivity contribution is -0.138. The molecule has 1 aliphatic carbocycles. The molecule has 74 valence electrons. The van der Waals surface area contributed by atoms with Crippen LogP contribution in [0.15, 0.2) is 0 Å². The summed E-state index contributed by atoms with van der Waals surface area (Å²) in [6.07, 6.45) is 3.99. The van der Waals surface area contributed by atoms with Gasteiger partial charge in [-0.25, -0.2) is 0 Å². The minimum atomic E-state index is -0.403. The quantitative estimate of drug-likeness (QED) is 0.614. The third-order valence-corrected chi connectivity index (χ3v) is 3.87. The van der Waals surface area contributed by atoms with E-state index in [1.165, 1.54) is 0 Å². The molecule has 1 saturated carbocycles. The van der Waals surface area contributed by atoms with Crippen molar-refractivity contribution in [1.29, 1.82) is 0 Å². The lowest BCUT2D eigenvalue weighted by Crippen LogP contribution is -2.43.